The normalized spacial score (nSPS) is 21.4. The number of nitrogens with zero attached hydrogens (tertiary/aromatic N) is 2. The van der Waals surface area contributed by atoms with Crippen LogP contribution in [0.4, 0.5) is 0 Å². The lowest BCUT2D eigenvalue weighted by atomic mass is 9.94. The molecule has 2 heterocycles. The van der Waals surface area contributed by atoms with E-state index in [9.17, 15) is 14.4 Å². The van der Waals surface area contributed by atoms with E-state index in [1.54, 1.807) is 4.90 Å². The molecule has 112 valence electrons. The Kier molecular flexibility index (Phi) is 4.59. The maximum atomic E-state index is 11.7. The third-order valence-electron chi connectivity index (χ3n) is 4.15. The van der Waals surface area contributed by atoms with Crippen LogP contribution in [0.25, 0.3) is 0 Å². The highest BCUT2D eigenvalue weighted by Gasteiger charge is 2.36. The van der Waals surface area contributed by atoms with Gasteiger partial charge in [0.05, 0.1) is 6.54 Å². The lowest BCUT2D eigenvalue weighted by Crippen LogP contribution is -2.63. The third kappa shape index (κ3) is 3.47. The van der Waals surface area contributed by atoms with E-state index in [2.05, 4.69) is 10.2 Å². The van der Waals surface area contributed by atoms with E-state index in [1.165, 1.54) is 6.92 Å². The molecule has 7 nitrogen and oxygen atoms in total. The average molecular weight is 282 g/mol. The number of amides is 3. The van der Waals surface area contributed by atoms with E-state index >= 15 is 0 Å². The van der Waals surface area contributed by atoms with Crippen molar-refractivity contribution in [2.24, 2.45) is 11.7 Å². The van der Waals surface area contributed by atoms with Gasteiger partial charge < -0.3 is 16.0 Å². The summed E-state index contributed by atoms with van der Waals surface area (Å²) in [6.45, 7) is 4.62. The van der Waals surface area contributed by atoms with Gasteiger partial charge in [0.2, 0.25) is 17.7 Å². The summed E-state index contributed by atoms with van der Waals surface area (Å²) in [7, 11) is 0. The largest absolute Gasteiger partial charge is 0.369 e. The van der Waals surface area contributed by atoms with Crippen LogP contribution in [-0.4, -0.2) is 66.3 Å². The van der Waals surface area contributed by atoms with Crippen molar-refractivity contribution in [2.75, 3.05) is 32.7 Å². The van der Waals surface area contributed by atoms with Crippen LogP contribution in [0.3, 0.4) is 0 Å². The van der Waals surface area contributed by atoms with Crippen molar-refractivity contribution in [3.05, 3.63) is 0 Å². The van der Waals surface area contributed by atoms with Crippen molar-refractivity contribution in [3.63, 3.8) is 0 Å². The van der Waals surface area contributed by atoms with Gasteiger partial charge in [0.15, 0.2) is 0 Å². The summed E-state index contributed by atoms with van der Waals surface area (Å²) in [6.07, 6.45) is 1.62. The minimum Gasteiger partial charge on any atom is -0.369 e. The van der Waals surface area contributed by atoms with Crippen molar-refractivity contribution in [2.45, 2.75) is 25.8 Å². The molecule has 3 N–H and O–H groups in total. The first-order chi connectivity index (χ1) is 9.47. The van der Waals surface area contributed by atoms with Gasteiger partial charge in [-0.15, -0.1) is 0 Å². The van der Waals surface area contributed by atoms with Gasteiger partial charge in [0, 0.05) is 32.0 Å². The van der Waals surface area contributed by atoms with E-state index in [0.29, 0.717) is 19.1 Å². The topological polar surface area (TPSA) is 95.7 Å². The lowest BCUT2D eigenvalue weighted by Gasteiger charge is -2.47. The molecule has 0 radical (unpaired) electrons. The van der Waals surface area contributed by atoms with Gasteiger partial charge in [-0.2, -0.15) is 0 Å². The van der Waals surface area contributed by atoms with Gasteiger partial charge in [-0.1, -0.05) is 0 Å². The Morgan fingerprint density at radius 2 is 1.80 bits per heavy atom. The first kappa shape index (κ1) is 14.8. The molecule has 0 unspecified atom stereocenters. The molecule has 2 saturated heterocycles. The van der Waals surface area contributed by atoms with Crippen molar-refractivity contribution in [3.8, 4) is 0 Å². The molecule has 0 aromatic rings. The highest BCUT2D eigenvalue weighted by molar-refractivity contribution is 5.84. The third-order valence-corrected chi connectivity index (χ3v) is 4.15. The number of nitrogens with one attached hydrogen (secondary N) is 1. The average Bonchev–Trinajstić information content (AvgIpc) is 2.35. The lowest BCUT2D eigenvalue weighted by molar-refractivity contribution is -0.139. The summed E-state index contributed by atoms with van der Waals surface area (Å²) in [5.74, 6) is -0.429. The van der Waals surface area contributed by atoms with Gasteiger partial charge in [-0.05, 0) is 25.9 Å². The molecule has 0 saturated carbocycles. The van der Waals surface area contributed by atoms with Crippen molar-refractivity contribution >= 4 is 17.7 Å². The predicted molar refractivity (Wildman–Crippen MR) is 72.5 cm³/mol. The second kappa shape index (κ2) is 6.21. The van der Waals surface area contributed by atoms with Crippen LogP contribution in [0.15, 0.2) is 0 Å². The number of hydrogen-bond acceptors (Lipinski definition) is 4. The Morgan fingerprint density at radius 1 is 1.20 bits per heavy atom. The Hall–Kier alpha value is -1.63. The van der Waals surface area contributed by atoms with Crippen LogP contribution in [0.2, 0.25) is 0 Å². The van der Waals surface area contributed by atoms with Gasteiger partial charge >= 0.3 is 0 Å². The number of nitrogens with two attached hydrogens (primary N) is 1. The summed E-state index contributed by atoms with van der Waals surface area (Å²) < 4.78 is 0. The Bertz CT molecular complexity index is 398. The summed E-state index contributed by atoms with van der Waals surface area (Å²) in [5.41, 5.74) is 5.31. The van der Waals surface area contributed by atoms with Gasteiger partial charge in [0.25, 0.3) is 0 Å². The Morgan fingerprint density at radius 3 is 2.30 bits per heavy atom. The van der Waals surface area contributed by atoms with E-state index in [-0.39, 0.29) is 30.2 Å². The Balaban J connectivity index is 1.68. The van der Waals surface area contributed by atoms with Crippen LogP contribution in [-0.2, 0) is 14.4 Å². The van der Waals surface area contributed by atoms with Crippen LogP contribution in [0.5, 0.6) is 0 Å². The fourth-order valence-electron chi connectivity index (χ4n) is 2.75. The van der Waals surface area contributed by atoms with E-state index < -0.39 is 0 Å². The zero-order valence-electron chi connectivity index (χ0n) is 11.8. The molecule has 0 aromatic carbocycles. The Labute approximate surface area is 118 Å². The van der Waals surface area contributed by atoms with Crippen LogP contribution < -0.4 is 11.1 Å². The van der Waals surface area contributed by atoms with Crippen molar-refractivity contribution in [1.82, 2.24) is 15.1 Å². The molecule has 2 rings (SSSR count). The first-order valence-corrected chi connectivity index (χ1v) is 7.03. The number of carbonyl (C=O) groups excluding carboxylic acids is 3. The van der Waals surface area contributed by atoms with E-state index in [4.69, 9.17) is 5.73 Å². The van der Waals surface area contributed by atoms with Gasteiger partial charge in [-0.3, -0.25) is 19.3 Å². The maximum absolute atomic E-state index is 11.7. The zero-order chi connectivity index (χ0) is 14.7. The highest BCUT2D eigenvalue weighted by Crippen LogP contribution is 2.22. The van der Waals surface area contributed by atoms with Gasteiger partial charge in [-0.25, -0.2) is 0 Å². The summed E-state index contributed by atoms with van der Waals surface area (Å²) >= 11 is 0. The quantitative estimate of drug-likeness (QED) is 0.658. The number of rotatable bonds is 4. The smallest absolute Gasteiger partial charge is 0.242 e. The molecule has 2 fully saturated rings. The SMILES string of the molecule is CC(=O)NCC(=O)N1CC(N2CCC(C(N)=O)CC2)C1. The van der Waals surface area contributed by atoms with Crippen LogP contribution in [0, 0.1) is 5.92 Å². The molecule has 2 aliphatic rings. The number of carbonyl (C=O) groups is 3. The van der Waals surface area contributed by atoms with Crippen LogP contribution >= 0.6 is 0 Å². The number of hydrogen-bond donors (Lipinski definition) is 2. The second-order valence-electron chi connectivity index (χ2n) is 5.57. The molecule has 7 heteroatoms. The van der Waals surface area contributed by atoms with E-state index in [0.717, 1.165) is 25.9 Å². The standard InChI is InChI=1S/C13H22N4O3/c1-9(18)15-6-12(19)17-7-11(8-17)16-4-2-10(3-5-16)13(14)20/h10-11H,2-8H2,1H3,(H2,14,20)(H,15,18). The van der Waals surface area contributed by atoms with Gasteiger partial charge in [0.1, 0.15) is 0 Å². The minimum absolute atomic E-state index is 0.00354. The maximum Gasteiger partial charge on any atom is 0.242 e. The second-order valence-corrected chi connectivity index (χ2v) is 5.57. The van der Waals surface area contributed by atoms with E-state index in [1.807, 2.05) is 0 Å². The monoisotopic (exact) mass is 282 g/mol. The molecule has 2 aliphatic heterocycles. The number of piperidine rings is 1. The van der Waals surface area contributed by atoms with Crippen LogP contribution in [0.1, 0.15) is 19.8 Å². The predicted octanol–water partition coefficient (Wildman–Crippen LogP) is -1.47. The number of primary amides is 1. The summed E-state index contributed by atoms with van der Waals surface area (Å²) in [6, 6.07) is 0.380. The molecule has 0 aliphatic carbocycles. The summed E-state index contributed by atoms with van der Waals surface area (Å²) in [5, 5.41) is 2.51. The summed E-state index contributed by atoms with van der Waals surface area (Å²) in [4.78, 5) is 37.6. The molecule has 0 bridgehead atoms. The molecule has 0 aromatic heterocycles. The molecular weight excluding hydrogens is 260 g/mol. The number of likely N-dealkylation sites (tertiary alicyclic amines) is 2. The molecule has 0 spiro atoms. The zero-order valence-corrected chi connectivity index (χ0v) is 11.8. The van der Waals surface area contributed by atoms with Crippen molar-refractivity contribution in [1.29, 1.82) is 0 Å². The minimum atomic E-state index is -0.203. The molecule has 0 atom stereocenters. The fourth-order valence-corrected chi connectivity index (χ4v) is 2.75. The molecule has 3 amide bonds. The molecule has 20 heavy (non-hydrogen) atoms. The van der Waals surface area contributed by atoms with Crippen molar-refractivity contribution < 1.29 is 14.4 Å². The highest BCUT2D eigenvalue weighted by atomic mass is 16.2. The first-order valence-electron chi connectivity index (χ1n) is 7.03. The molecular formula is C13H22N4O3. The fraction of sp³-hybridized carbons (Fsp3) is 0.769.